The number of rotatable bonds is 5. The van der Waals surface area contributed by atoms with Crippen molar-refractivity contribution in [3.8, 4) is 5.88 Å². The molecule has 0 fully saturated rings. The number of carbonyl (C=O) groups is 1. The molecule has 0 spiro atoms. The molecule has 0 aromatic carbocycles. The summed E-state index contributed by atoms with van der Waals surface area (Å²) in [7, 11) is 1.55. The van der Waals surface area contributed by atoms with Crippen LogP contribution in [0, 0.1) is 0 Å². The van der Waals surface area contributed by atoms with Crippen LogP contribution in [0.1, 0.15) is 34.0 Å². The third-order valence-corrected chi connectivity index (χ3v) is 3.65. The van der Waals surface area contributed by atoms with Crippen LogP contribution in [0.2, 0.25) is 0 Å². The number of hydrogen-bond acceptors (Lipinski definition) is 6. The van der Waals surface area contributed by atoms with Gasteiger partial charge in [0.2, 0.25) is 5.88 Å². The fourth-order valence-corrected chi connectivity index (χ4v) is 2.30. The molecule has 2 aromatic rings. The predicted octanol–water partition coefficient (Wildman–Crippen LogP) is 1.50. The summed E-state index contributed by atoms with van der Waals surface area (Å²) >= 11 is 1.39. The minimum Gasteiger partial charge on any atom is -0.481 e. The van der Waals surface area contributed by atoms with Crippen molar-refractivity contribution >= 4 is 17.2 Å². The van der Waals surface area contributed by atoms with Crippen LogP contribution in [0.25, 0.3) is 0 Å². The Bertz CT molecular complexity index is 598. The summed E-state index contributed by atoms with van der Waals surface area (Å²) in [5.41, 5.74) is 7.02. The number of thiazole rings is 1. The molecule has 20 heavy (non-hydrogen) atoms. The highest BCUT2D eigenvalue weighted by atomic mass is 32.1. The molecule has 2 heterocycles. The Balaban J connectivity index is 1.97. The molecule has 1 unspecified atom stereocenters. The van der Waals surface area contributed by atoms with Crippen LogP contribution < -0.4 is 15.8 Å². The Hall–Kier alpha value is -1.99. The number of methoxy groups -OCH3 is 1. The summed E-state index contributed by atoms with van der Waals surface area (Å²) in [5.74, 6) is 0.300. The van der Waals surface area contributed by atoms with Gasteiger partial charge in [-0.2, -0.15) is 0 Å². The van der Waals surface area contributed by atoms with E-state index in [0.29, 0.717) is 18.1 Å². The lowest BCUT2D eigenvalue weighted by molar-refractivity contribution is 0.0946. The normalized spacial score (nSPS) is 11.9. The standard InChI is InChI=1S/C13H16N4O2S/c1-8(14)13-17-10(7-20-13)12(18)16-6-9-3-4-15-11(5-9)19-2/h3-5,7-8H,6,14H2,1-2H3,(H,16,18). The lowest BCUT2D eigenvalue weighted by Gasteiger charge is -2.05. The smallest absolute Gasteiger partial charge is 0.271 e. The summed E-state index contributed by atoms with van der Waals surface area (Å²) in [6, 6.07) is 3.43. The van der Waals surface area contributed by atoms with Crippen LogP contribution in [0.3, 0.4) is 0 Å². The average Bonchev–Trinajstić information content (AvgIpc) is 2.95. The zero-order valence-corrected chi connectivity index (χ0v) is 12.1. The minimum atomic E-state index is -0.219. The molecule has 2 rings (SSSR count). The molecule has 3 N–H and O–H groups in total. The van der Waals surface area contributed by atoms with E-state index in [0.717, 1.165) is 10.6 Å². The topological polar surface area (TPSA) is 90.1 Å². The van der Waals surface area contributed by atoms with Gasteiger partial charge in [0.15, 0.2) is 0 Å². The highest BCUT2D eigenvalue weighted by Crippen LogP contribution is 2.16. The first kappa shape index (κ1) is 14.4. The van der Waals surface area contributed by atoms with Gasteiger partial charge < -0.3 is 15.8 Å². The molecule has 0 aliphatic heterocycles. The first-order valence-corrected chi connectivity index (χ1v) is 6.96. The van der Waals surface area contributed by atoms with Crippen molar-refractivity contribution in [2.24, 2.45) is 5.73 Å². The van der Waals surface area contributed by atoms with E-state index < -0.39 is 0 Å². The Morgan fingerprint density at radius 1 is 1.60 bits per heavy atom. The van der Waals surface area contributed by atoms with Gasteiger partial charge in [-0.05, 0) is 18.6 Å². The highest BCUT2D eigenvalue weighted by molar-refractivity contribution is 7.09. The van der Waals surface area contributed by atoms with E-state index >= 15 is 0 Å². The maximum absolute atomic E-state index is 12.0. The molecular formula is C13H16N4O2S. The molecule has 0 aliphatic carbocycles. The Morgan fingerprint density at radius 3 is 3.05 bits per heavy atom. The number of ether oxygens (including phenoxy) is 1. The molecular weight excluding hydrogens is 276 g/mol. The van der Waals surface area contributed by atoms with Crippen molar-refractivity contribution in [3.05, 3.63) is 40.0 Å². The quantitative estimate of drug-likeness (QED) is 0.871. The van der Waals surface area contributed by atoms with E-state index in [1.54, 1.807) is 24.8 Å². The van der Waals surface area contributed by atoms with Gasteiger partial charge in [-0.15, -0.1) is 11.3 Å². The minimum absolute atomic E-state index is 0.161. The van der Waals surface area contributed by atoms with Crippen LogP contribution in [0.5, 0.6) is 5.88 Å². The van der Waals surface area contributed by atoms with Crippen molar-refractivity contribution in [2.75, 3.05) is 7.11 Å². The van der Waals surface area contributed by atoms with E-state index in [9.17, 15) is 4.79 Å². The predicted molar refractivity (Wildman–Crippen MR) is 76.7 cm³/mol. The maximum Gasteiger partial charge on any atom is 0.271 e. The van der Waals surface area contributed by atoms with E-state index in [1.807, 2.05) is 13.0 Å². The molecule has 1 amide bonds. The van der Waals surface area contributed by atoms with E-state index in [4.69, 9.17) is 10.5 Å². The first-order valence-electron chi connectivity index (χ1n) is 6.08. The number of nitrogens with one attached hydrogen (secondary N) is 1. The van der Waals surface area contributed by atoms with Crippen LogP contribution in [-0.4, -0.2) is 23.0 Å². The molecule has 106 valence electrons. The van der Waals surface area contributed by atoms with Gasteiger partial charge >= 0.3 is 0 Å². The summed E-state index contributed by atoms with van der Waals surface area (Å²) in [6.45, 7) is 2.23. The Labute approximate surface area is 121 Å². The number of nitrogens with zero attached hydrogens (tertiary/aromatic N) is 2. The number of hydrogen-bond donors (Lipinski definition) is 2. The van der Waals surface area contributed by atoms with E-state index in [-0.39, 0.29) is 11.9 Å². The van der Waals surface area contributed by atoms with Gasteiger partial charge in [-0.1, -0.05) is 0 Å². The van der Waals surface area contributed by atoms with Crippen molar-refractivity contribution in [2.45, 2.75) is 19.5 Å². The van der Waals surface area contributed by atoms with Gasteiger partial charge in [0, 0.05) is 24.2 Å². The molecule has 0 aliphatic rings. The summed E-state index contributed by atoms with van der Waals surface area (Å²) in [6.07, 6.45) is 1.64. The van der Waals surface area contributed by atoms with Crippen LogP contribution >= 0.6 is 11.3 Å². The summed E-state index contributed by atoms with van der Waals surface area (Å²) in [4.78, 5) is 20.2. The van der Waals surface area contributed by atoms with Gasteiger partial charge in [-0.3, -0.25) is 4.79 Å². The second-order valence-corrected chi connectivity index (χ2v) is 5.14. The van der Waals surface area contributed by atoms with Gasteiger partial charge in [0.1, 0.15) is 10.7 Å². The maximum atomic E-state index is 12.0. The lowest BCUT2D eigenvalue weighted by atomic mass is 10.2. The second-order valence-electron chi connectivity index (χ2n) is 4.25. The summed E-state index contributed by atoms with van der Waals surface area (Å²) < 4.78 is 5.03. The molecule has 0 radical (unpaired) electrons. The number of carbonyl (C=O) groups excluding carboxylic acids is 1. The molecule has 1 atom stereocenters. The fraction of sp³-hybridized carbons (Fsp3) is 0.308. The van der Waals surface area contributed by atoms with Crippen LogP contribution in [-0.2, 0) is 6.54 Å². The van der Waals surface area contributed by atoms with Crippen molar-refractivity contribution in [3.63, 3.8) is 0 Å². The monoisotopic (exact) mass is 292 g/mol. The van der Waals surface area contributed by atoms with Crippen molar-refractivity contribution < 1.29 is 9.53 Å². The highest BCUT2D eigenvalue weighted by Gasteiger charge is 2.12. The number of aromatic nitrogens is 2. The molecule has 0 saturated carbocycles. The molecule has 2 aromatic heterocycles. The van der Waals surface area contributed by atoms with Crippen LogP contribution in [0.15, 0.2) is 23.7 Å². The molecule has 0 bridgehead atoms. The molecule has 6 nitrogen and oxygen atoms in total. The number of nitrogens with two attached hydrogens (primary N) is 1. The first-order chi connectivity index (χ1) is 9.60. The zero-order valence-electron chi connectivity index (χ0n) is 11.3. The Kier molecular flexibility index (Phi) is 4.65. The second kappa shape index (κ2) is 6.44. The zero-order chi connectivity index (χ0) is 14.5. The van der Waals surface area contributed by atoms with Crippen molar-refractivity contribution in [1.29, 1.82) is 0 Å². The lowest BCUT2D eigenvalue weighted by Crippen LogP contribution is -2.23. The van der Waals surface area contributed by atoms with Gasteiger partial charge in [0.25, 0.3) is 5.91 Å². The average molecular weight is 292 g/mol. The Morgan fingerprint density at radius 2 is 2.40 bits per heavy atom. The molecule has 7 heteroatoms. The van der Waals surface area contributed by atoms with Crippen molar-refractivity contribution in [1.82, 2.24) is 15.3 Å². The largest absolute Gasteiger partial charge is 0.481 e. The summed E-state index contributed by atoms with van der Waals surface area (Å²) in [5, 5.41) is 5.26. The number of pyridine rings is 1. The van der Waals surface area contributed by atoms with E-state index in [1.165, 1.54) is 11.3 Å². The third-order valence-electron chi connectivity index (χ3n) is 2.61. The third kappa shape index (κ3) is 3.52. The number of amides is 1. The SMILES string of the molecule is COc1cc(CNC(=O)c2csc(C(C)N)n2)ccn1. The van der Waals surface area contributed by atoms with Gasteiger partial charge in [0.05, 0.1) is 13.2 Å². The fourth-order valence-electron chi connectivity index (χ4n) is 1.55. The van der Waals surface area contributed by atoms with Crippen LogP contribution in [0.4, 0.5) is 0 Å². The van der Waals surface area contributed by atoms with E-state index in [2.05, 4.69) is 15.3 Å². The molecule has 0 saturated heterocycles. The van der Waals surface area contributed by atoms with Gasteiger partial charge in [-0.25, -0.2) is 9.97 Å².